The lowest BCUT2D eigenvalue weighted by molar-refractivity contribution is 0.102. The van der Waals surface area contributed by atoms with E-state index in [2.05, 4.69) is 26.6 Å². The zero-order valence-corrected chi connectivity index (χ0v) is 13.4. The second-order valence-electron chi connectivity index (χ2n) is 4.64. The van der Waals surface area contributed by atoms with Crippen LogP contribution in [0.1, 0.15) is 22.8 Å². The van der Waals surface area contributed by atoms with Gasteiger partial charge in [-0.2, -0.15) is 0 Å². The van der Waals surface area contributed by atoms with E-state index in [1.54, 1.807) is 6.07 Å². The fraction of sp³-hybridized carbons (Fsp3) is 0.188. The average molecular weight is 351 g/mol. The van der Waals surface area contributed by atoms with Gasteiger partial charge in [-0.3, -0.25) is 4.79 Å². The Kier molecular flexibility index (Phi) is 4.96. The molecule has 0 aliphatic carbocycles. The summed E-state index contributed by atoms with van der Waals surface area (Å²) in [5.74, 6) is -0.584. The molecule has 0 spiro atoms. The lowest BCUT2D eigenvalue weighted by Gasteiger charge is -2.11. The van der Waals surface area contributed by atoms with E-state index in [0.717, 1.165) is 17.8 Å². The van der Waals surface area contributed by atoms with Crippen LogP contribution in [0.2, 0.25) is 0 Å². The molecule has 0 bridgehead atoms. The molecule has 0 aliphatic rings. The molecular weight excluding hydrogens is 335 g/mol. The minimum absolute atomic E-state index is 0.228. The van der Waals surface area contributed by atoms with Gasteiger partial charge in [-0.05, 0) is 71.7 Å². The van der Waals surface area contributed by atoms with Crippen molar-refractivity contribution in [3.05, 3.63) is 57.8 Å². The lowest BCUT2D eigenvalue weighted by atomic mass is 10.1. The SMILES string of the molecule is CCNc1ccc(C(=O)Nc2ccc(F)cc2Br)cc1C. The molecule has 0 atom stereocenters. The first-order valence-electron chi connectivity index (χ1n) is 6.62. The van der Waals surface area contributed by atoms with Gasteiger partial charge in [-0.15, -0.1) is 0 Å². The van der Waals surface area contributed by atoms with Crippen LogP contribution in [0.25, 0.3) is 0 Å². The van der Waals surface area contributed by atoms with Crippen molar-refractivity contribution in [3.8, 4) is 0 Å². The number of nitrogens with one attached hydrogen (secondary N) is 2. The van der Waals surface area contributed by atoms with E-state index in [4.69, 9.17) is 0 Å². The Hall–Kier alpha value is -1.88. The zero-order valence-electron chi connectivity index (χ0n) is 11.8. The summed E-state index contributed by atoms with van der Waals surface area (Å²) in [4.78, 5) is 12.2. The number of carbonyl (C=O) groups is 1. The number of amides is 1. The van der Waals surface area contributed by atoms with Gasteiger partial charge in [0.2, 0.25) is 0 Å². The monoisotopic (exact) mass is 350 g/mol. The van der Waals surface area contributed by atoms with E-state index >= 15 is 0 Å². The van der Waals surface area contributed by atoms with Crippen molar-refractivity contribution in [3.63, 3.8) is 0 Å². The van der Waals surface area contributed by atoms with E-state index in [1.165, 1.54) is 18.2 Å². The molecule has 0 fully saturated rings. The summed E-state index contributed by atoms with van der Waals surface area (Å²) in [6.07, 6.45) is 0. The molecule has 2 N–H and O–H groups in total. The number of benzene rings is 2. The van der Waals surface area contributed by atoms with Gasteiger partial charge in [0, 0.05) is 22.3 Å². The Morgan fingerprint density at radius 3 is 2.52 bits per heavy atom. The highest BCUT2D eigenvalue weighted by Crippen LogP contribution is 2.24. The Labute approximate surface area is 131 Å². The summed E-state index contributed by atoms with van der Waals surface area (Å²) < 4.78 is 13.5. The highest BCUT2D eigenvalue weighted by Gasteiger charge is 2.10. The molecule has 3 nitrogen and oxygen atoms in total. The van der Waals surface area contributed by atoms with Crippen molar-refractivity contribution in [2.75, 3.05) is 17.2 Å². The molecule has 0 saturated carbocycles. The fourth-order valence-corrected chi connectivity index (χ4v) is 2.43. The van der Waals surface area contributed by atoms with Crippen molar-refractivity contribution >= 4 is 33.2 Å². The number of hydrogen-bond acceptors (Lipinski definition) is 2. The van der Waals surface area contributed by atoms with Crippen molar-refractivity contribution < 1.29 is 9.18 Å². The molecule has 1 amide bonds. The van der Waals surface area contributed by atoms with Crippen LogP contribution in [0.5, 0.6) is 0 Å². The van der Waals surface area contributed by atoms with Gasteiger partial charge in [0.05, 0.1) is 5.69 Å². The van der Waals surface area contributed by atoms with Crippen LogP contribution in [0.15, 0.2) is 40.9 Å². The lowest BCUT2D eigenvalue weighted by Crippen LogP contribution is -2.13. The van der Waals surface area contributed by atoms with Gasteiger partial charge in [0.1, 0.15) is 5.82 Å². The highest BCUT2D eigenvalue weighted by atomic mass is 79.9. The van der Waals surface area contributed by atoms with E-state index in [1.807, 2.05) is 26.0 Å². The van der Waals surface area contributed by atoms with Crippen molar-refractivity contribution in [2.45, 2.75) is 13.8 Å². The molecule has 2 aromatic carbocycles. The summed E-state index contributed by atoms with van der Waals surface area (Å²) in [7, 11) is 0. The van der Waals surface area contributed by atoms with E-state index < -0.39 is 0 Å². The zero-order chi connectivity index (χ0) is 15.4. The second kappa shape index (κ2) is 6.72. The molecule has 2 aromatic rings. The molecule has 0 aromatic heterocycles. The van der Waals surface area contributed by atoms with Crippen molar-refractivity contribution in [2.24, 2.45) is 0 Å². The van der Waals surface area contributed by atoms with Crippen LogP contribution in [0.4, 0.5) is 15.8 Å². The van der Waals surface area contributed by atoms with Crippen molar-refractivity contribution in [1.29, 1.82) is 0 Å². The smallest absolute Gasteiger partial charge is 0.255 e. The normalized spacial score (nSPS) is 10.3. The van der Waals surface area contributed by atoms with Gasteiger partial charge in [0.15, 0.2) is 0 Å². The summed E-state index contributed by atoms with van der Waals surface area (Å²) in [5.41, 5.74) is 3.11. The molecule has 0 heterocycles. The fourth-order valence-electron chi connectivity index (χ4n) is 1.98. The third-order valence-corrected chi connectivity index (χ3v) is 3.69. The predicted molar refractivity (Wildman–Crippen MR) is 87.4 cm³/mol. The summed E-state index contributed by atoms with van der Waals surface area (Å²) in [5, 5.41) is 5.99. The first-order chi connectivity index (χ1) is 10.0. The molecular formula is C16H16BrFN2O. The Morgan fingerprint density at radius 2 is 1.90 bits per heavy atom. The molecule has 0 radical (unpaired) electrons. The van der Waals surface area contributed by atoms with Gasteiger partial charge in [0.25, 0.3) is 5.91 Å². The van der Waals surface area contributed by atoms with E-state index in [9.17, 15) is 9.18 Å². The van der Waals surface area contributed by atoms with Crippen LogP contribution in [0.3, 0.4) is 0 Å². The Bertz CT molecular complexity index is 673. The first-order valence-corrected chi connectivity index (χ1v) is 7.41. The van der Waals surface area contributed by atoms with Gasteiger partial charge in [-0.1, -0.05) is 0 Å². The Morgan fingerprint density at radius 1 is 1.19 bits per heavy atom. The number of carbonyl (C=O) groups excluding carboxylic acids is 1. The molecule has 0 aliphatic heterocycles. The summed E-state index contributed by atoms with van der Waals surface area (Å²) in [6, 6.07) is 9.61. The van der Waals surface area contributed by atoms with Crippen molar-refractivity contribution in [1.82, 2.24) is 0 Å². The number of anilines is 2. The molecule has 110 valence electrons. The van der Waals surface area contributed by atoms with Gasteiger partial charge < -0.3 is 10.6 Å². The standard InChI is InChI=1S/C16H16BrFN2O/c1-3-19-14-6-4-11(8-10(14)2)16(21)20-15-7-5-12(18)9-13(15)17/h4-9,19H,3H2,1-2H3,(H,20,21). The number of halogens is 2. The topological polar surface area (TPSA) is 41.1 Å². The third kappa shape index (κ3) is 3.82. The van der Waals surface area contributed by atoms with Crippen LogP contribution in [-0.2, 0) is 0 Å². The maximum atomic E-state index is 13.0. The van der Waals surface area contributed by atoms with Crippen LogP contribution >= 0.6 is 15.9 Å². The largest absolute Gasteiger partial charge is 0.385 e. The number of rotatable bonds is 4. The van der Waals surface area contributed by atoms with Gasteiger partial charge in [-0.25, -0.2) is 4.39 Å². The molecule has 0 unspecified atom stereocenters. The van der Waals surface area contributed by atoms with E-state index in [0.29, 0.717) is 15.7 Å². The van der Waals surface area contributed by atoms with Crippen LogP contribution < -0.4 is 10.6 Å². The summed E-state index contributed by atoms with van der Waals surface area (Å²) >= 11 is 3.23. The summed E-state index contributed by atoms with van der Waals surface area (Å²) in [6.45, 7) is 4.80. The number of hydrogen-bond donors (Lipinski definition) is 2. The molecule has 21 heavy (non-hydrogen) atoms. The van der Waals surface area contributed by atoms with E-state index in [-0.39, 0.29) is 11.7 Å². The second-order valence-corrected chi connectivity index (χ2v) is 5.49. The van der Waals surface area contributed by atoms with Crippen LogP contribution in [0, 0.1) is 12.7 Å². The highest BCUT2D eigenvalue weighted by molar-refractivity contribution is 9.10. The molecule has 5 heteroatoms. The molecule has 0 saturated heterocycles. The maximum Gasteiger partial charge on any atom is 0.255 e. The first kappa shape index (κ1) is 15.5. The average Bonchev–Trinajstić information content (AvgIpc) is 2.44. The Balaban J connectivity index is 2.18. The van der Waals surface area contributed by atoms with Gasteiger partial charge >= 0.3 is 0 Å². The molecule has 2 rings (SSSR count). The minimum atomic E-state index is -0.356. The van der Waals surface area contributed by atoms with Crippen LogP contribution in [-0.4, -0.2) is 12.5 Å². The number of aryl methyl sites for hydroxylation is 1. The maximum absolute atomic E-state index is 13.0. The quantitative estimate of drug-likeness (QED) is 0.847. The third-order valence-electron chi connectivity index (χ3n) is 3.04. The minimum Gasteiger partial charge on any atom is -0.385 e. The predicted octanol–water partition coefficient (Wildman–Crippen LogP) is 4.58.